The van der Waals surface area contributed by atoms with E-state index in [-0.39, 0.29) is 11.8 Å². The number of ether oxygens (including phenoxy) is 4. The van der Waals surface area contributed by atoms with Gasteiger partial charge in [-0.3, -0.25) is 9.59 Å². The van der Waals surface area contributed by atoms with E-state index >= 15 is 0 Å². The van der Waals surface area contributed by atoms with Crippen LogP contribution in [0.3, 0.4) is 0 Å². The van der Waals surface area contributed by atoms with E-state index in [1.165, 1.54) is 0 Å². The monoisotopic (exact) mass is 554 g/mol. The van der Waals surface area contributed by atoms with Crippen molar-refractivity contribution in [2.45, 2.75) is 6.42 Å². The van der Waals surface area contributed by atoms with Crippen molar-refractivity contribution >= 4 is 23.2 Å². The Balaban J connectivity index is 1.32. The highest BCUT2D eigenvalue weighted by Crippen LogP contribution is 2.22. The lowest BCUT2D eigenvalue weighted by Crippen LogP contribution is -2.15. The van der Waals surface area contributed by atoms with E-state index in [0.29, 0.717) is 66.8 Å². The average Bonchev–Trinajstić information content (AvgIpc) is 3.00. The number of carbonyl (C=O) groups is 2. The lowest BCUT2D eigenvalue weighted by atomic mass is 10.0. The average molecular weight is 555 g/mol. The minimum absolute atomic E-state index is 0.243. The van der Waals surface area contributed by atoms with E-state index in [0.717, 1.165) is 11.1 Å². The molecule has 0 aliphatic rings. The second-order valence-corrected chi connectivity index (χ2v) is 9.15. The molecule has 212 valence electrons. The maximum Gasteiger partial charge on any atom is 0.259 e. The summed E-state index contributed by atoms with van der Waals surface area (Å²) in [5.74, 6) is 0.538. The summed E-state index contributed by atoms with van der Waals surface area (Å²) in [5, 5.41) is 5.86. The Morgan fingerprint density at radius 3 is 1.32 bits per heavy atom. The first-order chi connectivity index (χ1) is 20.1. The molecule has 0 heterocycles. The predicted octanol–water partition coefficient (Wildman–Crippen LogP) is 5.83. The van der Waals surface area contributed by atoms with Crippen LogP contribution in [0.2, 0.25) is 0 Å². The first-order valence-electron chi connectivity index (χ1n) is 13.3. The van der Waals surface area contributed by atoms with Crippen LogP contribution in [0.15, 0.2) is 97.1 Å². The zero-order chi connectivity index (χ0) is 28.9. The van der Waals surface area contributed by atoms with E-state index < -0.39 is 0 Å². The number of hydrogen-bond acceptors (Lipinski definition) is 6. The lowest BCUT2D eigenvalue weighted by molar-refractivity contribution is 0.101. The van der Waals surface area contributed by atoms with Crippen LogP contribution < -0.4 is 20.1 Å². The molecule has 0 radical (unpaired) electrons. The van der Waals surface area contributed by atoms with Gasteiger partial charge in [0.2, 0.25) is 0 Å². The molecule has 8 nitrogen and oxygen atoms in total. The van der Waals surface area contributed by atoms with Crippen LogP contribution in [-0.2, 0) is 15.9 Å². The smallest absolute Gasteiger partial charge is 0.259 e. The van der Waals surface area contributed by atoms with E-state index in [1.807, 2.05) is 60.7 Å². The van der Waals surface area contributed by atoms with Gasteiger partial charge in [-0.1, -0.05) is 48.5 Å². The summed E-state index contributed by atoms with van der Waals surface area (Å²) >= 11 is 0. The third kappa shape index (κ3) is 8.66. The number of anilines is 2. The van der Waals surface area contributed by atoms with E-state index in [4.69, 9.17) is 18.9 Å². The molecule has 0 bridgehead atoms. The van der Waals surface area contributed by atoms with Crippen LogP contribution in [0.4, 0.5) is 11.4 Å². The standard InChI is InChI=1S/C33H34N2O6/c1-38-19-21-40-30-9-5-3-7-28(30)32(36)34-26-15-11-24(12-16-26)23-25-13-17-27(18-14-25)35-33(37)29-8-4-6-10-31(29)41-22-20-39-2/h3-18H,19-23H2,1-2H3,(H,34,36)(H,35,37). The third-order valence-corrected chi connectivity index (χ3v) is 6.19. The van der Waals surface area contributed by atoms with Crippen LogP contribution in [0.5, 0.6) is 11.5 Å². The van der Waals surface area contributed by atoms with E-state index in [9.17, 15) is 9.59 Å². The third-order valence-electron chi connectivity index (χ3n) is 6.19. The summed E-state index contributed by atoms with van der Waals surface area (Å²) in [6.45, 7) is 1.60. The van der Waals surface area contributed by atoms with Crippen molar-refractivity contribution < 1.29 is 28.5 Å². The van der Waals surface area contributed by atoms with Crippen molar-refractivity contribution in [3.8, 4) is 11.5 Å². The van der Waals surface area contributed by atoms with E-state index in [1.54, 1.807) is 50.6 Å². The molecule has 4 aromatic rings. The van der Waals surface area contributed by atoms with Crippen LogP contribution >= 0.6 is 0 Å². The summed E-state index contributed by atoms with van der Waals surface area (Å²) < 4.78 is 21.4. The molecule has 0 aromatic heterocycles. The summed E-state index contributed by atoms with van der Waals surface area (Å²) in [4.78, 5) is 25.7. The Morgan fingerprint density at radius 1 is 0.537 bits per heavy atom. The van der Waals surface area contributed by atoms with Crippen molar-refractivity contribution in [2.75, 3.05) is 51.3 Å². The zero-order valence-electron chi connectivity index (χ0n) is 23.2. The second-order valence-electron chi connectivity index (χ2n) is 9.15. The SMILES string of the molecule is COCCOc1ccccc1C(=O)Nc1ccc(Cc2ccc(NC(=O)c3ccccc3OCCOC)cc2)cc1. The van der Waals surface area contributed by atoms with Crippen LogP contribution in [-0.4, -0.2) is 52.5 Å². The quantitative estimate of drug-likeness (QED) is 0.190. The Labute approximate surface area is 240 Å². The van der Waals surface area contributed by atoms with Gasteiger partial charge in [-0.05, 0) is 66.1 Å². The molecule has 0 spiro atoms. The van der Waals surface area contributed by atoms with Crippen molar-refractivity contribution in [1.82, 2.24) is 0 Å². The summed E-state index contributed by atoms with van der Waals surface area (Å²) in [7, 11) is 3.20. The molecule has 4 aromatic carbocycles. The number of hydrogen-bond donors (Lipinski definition) is 2. The second kappa shape index (κ2) is 15.2. The number of methoxy groups -OCH3 is 2. The highest BCUT2D eigenvalue weighted by atomic mass is 16.5. The summed E-state index contributed by atoms with van der Waals surface area (Å²) in [6, 6.07) is 29.7. The first kappa shape index (κ1) is 29.3. The van der Waals surface area contributed by atoms with Gasteiger partial charge >= 0.3 is 0 Å². The zero-order valence-corrected chi connectivity index (χ0v) is 23.2. The lowest BCUT2D eigenvalue weighted by Gasteiger charge is -2.12. The molecule has 0 saturated heterocycles. The molecule has 0 aliphatic carbocycles. The summed E-state index contributed by atoms with van der Waals surface area (Å²) in [5.41, 5.74) is 4.48. The van der Waals surface area contributed by atoms with Crippen molar-refractivity contribution in [2.24, 2.45) is 0 Å². The maximum absolute atomic E-state index is 12.9. The fourth-order valence-corrected chi connectivity index (χ4v) is 4.07. The molecule has 0 fully saturated rings. The molecule has 8 heteroatoms. The molecule has 0 aliphatic heterocycles. The van der Waals surface area contributed by atoms with Gasteiger partial charge < -0.3 is 29.6 Å². The van der Waals surface area contributed by atoms with Crippen molar-refractivity contribution in [3.63, 3.8) is 0 Å². The minimum Gasteiger partial charge on any atom is -0.490 e. The molecular formula is C33H34N2O6. The molecule has 2 N–H and O–H groups in total. The Kier molecular flexibility index (Phi) is 10.9. The molecule has 0 atom stereocenters. The number of amides is 2. The van der Waals surface area contributed by atoms with Gasteiger partial charge in [0.1, 0.15) is 24.7 Å². The molecule has 0 saturated carbocycles. The van der Waals surface area contributed by atoms with E-state index in [2.05, 4.69) is 10.6 Å². The Hall–Kier alpha value is -4.66. The van der Waals surface area contributed by atoms with Crippen LogP contribution in [0.1, 0.15) is 31.8 Å². The summed E-state index contributed by atoms with van der Waals surface area (Å²) in [6.07, 6.45) is 0.703. The topological polar surface area (TPSA) is 95.1 Å². The first-order valence-corrected chi connectivity index (χ1v) is 13.3. The van der Waals surface area contributed by atoms with Gasteiger partial charge in [0.05, 0.1) is 24.3 Å². The number of carbonyl (C=O) groups excluding carboxylic acids is 2. The van der Waals surface area contributed by atoms with Crippen molar-refractivity contribution in [3.05, 3.63) is 119 Å². The van der Waals surface area contributed by atoms with Gasteiger partial charge in [0, 0.05) is 25.6 Å². The number of benzene rings is 4. The number of nitrogens with one attached hydrogen (secondary N) is 2. The highest BCUT2D eigenvalue weighted by molar-refractivity contribution is 6.06. The maximum atomic E-state index is 12.9. The van der Waals surface area contributed by atoms with Crippen LogP contribution in [0.25, 0.3) is 0 Å². The van der Waals surface area contributed by atoms with Crippen LogP contribution in [0, 0.1) is 0 Å². The van der Waals surface area contributed by atoms with Gasteiger partial charge in [-0.2, -0.15) is 0 Å². The van der Waals surface area contributed by atoms with Gasteiger partial charge in [-0.15, -0.1) is 0 Å². The minimum atomic E-state index is -0.243. The Bertz CT molecular complexity index is 1310. The number of para-hydroxylation sites is 2. The fourth-order valence-electron chi connectivity index (χ4n) is 4.07. The largest absolute Gasteiger partial charge is 0.490 e. The van der Waals surface area contributed by atoms with Gasteiger partial charge in [0.15, 0.2) is 0 Å². The van der Waals surface area contributed by atoms with Crippen molar-refractivity contribution in [1.29, 1.82) is 0 Å². The molecule has 0 unspecified atom stereocenters. The molecular weight excluding hydrogens is 520 g/mol. The van der Waals surface area contributed by atoms with Gasteiger partial charge in [0.25, 0.3) is 11.8 Å². The highest BCUT2D eigenvalue weighted by Gasteiger charge is 2.14. The Morgan fingerprint density at radius 2 is 0.927 bits per heavy atom. The van der Waals surface area contributed by atoms with Gasteiger partial charge in [-0.25, -0.2) is 0 Å². The molecule has 4 rings (SSSR count). The normalized spacial score (nSPS) is 10.6. The number of rotatable bonds is 14. The molecule has 2 amide bonds. The fraction of sp³-hybridized carbons (Fsp3) is 0.212. The predicted molar refractivity (Wildman–Crippen MR) is 159 cm³/mol. The molecule has 41 heavy (non-hydrogen) atoms.